The SMILES string of the molecule is CCn1c(=S)n(CCc2ccccc2)c2ccccc21. The Morgan fingerprint density at radius 1 is 0.850 bits per heavy atom. The van der Waals surface area contributed by atoms with E-state index >= 15 is 0 Å². The van der Waals surface area contributed by atoms with Gasteiger partial charge in [0.1, 0.15) is 0 Å². The fraction of sp³-hybridized carbons (Fsp3) is 0.235. The number of hydrogen-bond donors (Lipinski definition) is 0. The minimum absolute atomic E-state index is 0.914. The first-order valence-electron chi connectivity index (χ1n) is 7.03. The molecule has 3 heteroatoms. The van der Waals surface area contributed by atoms with Crippen LogP contribution in [0.25, 0.3) is 11.0 Å². The van der Waals surface area contributed by atoms with E-state index in [0.717, 1.165) is 24.3 Å². The molecule has 0 bridgehead atoms. The highest BCUT2D eigenvalue weighted by Crippen LogP contribution is 2.18. The molecule has 0 aliphatic heterocycles. The van der Waals surface area contributed by atoms with E-state index in [1.807, 2.05) is 0 Å². The van der Waals surface area contributed by atoms with Gasteiger partial charge in [0.15, 0.2) is 4.77 Å². The van der Waals surface area contributed by atoms with Crippen molar-refractivity contribution < 1.29 is 0 Å². The molecule has 0 amide bonds. The van der Waals surface area contributed by atoms with Crippen molar-refractivity contribution >= 4 is 23.3 Å². The molecule has 0 N–H and O–H groups in total. The molecule has 3 rings (SSSR count). The molecular formula is C17H18N2S. The number of fused-ring (bicyclic) bond motifs is 1. The van der Waals surface area contributed by atoms with Crippen LogP contribution in [0.5, 0.6) is 0 Å². The van der Waals surface area contributed by atoms with Gasteiger partial charge in [-0.15, -0.1) is 0 Å². The van der Waals surface area contributed by atoms with Crippen LogP contribution in [0.4, 0.5) is 0 Å². The molecule has 102 valence electrons. The third-order valence-corrected chi connectivity index (χ3v) is 4.15. The van der Waals surface area contributed by atoms with Crippen LogP contribution in [0.2, 0.25) is 0 Å². The normalized spacial score (nSPS) is 11.1. The predicted octanol–water partition coefficient (Wildman–Crippen LogP) is 4.43. The lowest BCUT2D eigenvalue weighted by atomic mass is 10.1. The summed E-state index contributed by atoms with van der Waals surface area (Å²) in [6, 6.07) is 19.0. The Bertz CT molecular complexity index is 769. The predicted molar refractivity (Wildman–Crippen MR) is 86.6 cm³/mol. The van der Waals surface area contributed by atoms with Crippen LogP contribution >= 0.6 is 12.2 Å². The van der Waals surface area contributed by atoms with Crippen LogP contribution < -0.4 is 0 Å². The first kappa shape index (κ1) is 13.1. The summed E-state index contributed by atoms with van der Waals surface area (Å²) in [6.45, 7) is 3.98. The molecule has 1 heterocycles. The molecule has 0 aliphatic rings. The van der Waals surface area contributed by atoms with Crippen LogP contribution in [0.15, 0.2) is 54.6 Å². The van der Waals surface area contributed by atoms with Gasteiger partial charge in [-0.1, -0.05) is 42.5 Å². The van der Waals surface area contributed by atoms with Gasteiger partial charge >= 0.3 is 0 Å². The lowest BCUT2D eigenvalue weighted by Crippen LogP contribution is -2.03. The molecule has 2 nitrogen and oxygen atoms in total. The van der Waals surface area contributed by atoms with E-state index in [9.17, 15) is 0 Å². The third kappa shape index (κ3) is 2.29. The molecule has 0 spiro atoms. The van der Waals surface area contributed by atoms with Crippen molar-refractivity contribution in [2.45, 2.75) is 26.4 Å². The third-order valence-electron chi connectivity index (χ3n) is 3.71. The minimum atomic E-state index is 0.914. The number of aromatic nitrogens is 2. The van der Waals surface area contributed by atoms with Crippen LogP contribution in [-0.4, -0.2) is 9.13 Å². The number of imidazole rings is 1. The van der Waals surface area contributed by atoms with Gasteiger partial charge in [-0.3, -0.25) is 0 Å². The van der Waals surface area contributed by atoms with E-state index in [1.54, 1.807) is 0 Å². The van der Waals surface area contributed by atoms with Crippen LogP contribution in [0, 0.1) is 4.77 Å². The van der Waals surface area contributed by atoms with Gasteiger partial charge in [0.25, 0.3) is 0 Å². The zero-order chi connectivity index (χ0) is 13.9. The van der Waals surface area contributed by atoms with Crippen molar-refractivity contribution in [1.82, 2.24) is 9.13 Å². The van der Waals surface area contributed by atoms with Gasteiger partial charge in [-0.05, 0) is 43.3 Å². The number of aryl methyl sites for hydroxylation is 3. The lowest BCUT2D eigenvalue weighted by molar-refractivity contribution is 0.663. The fourth-order valence-electron chi connectivity index (χ4n) is 2.68. The molecule has 0 radical (unpaired) electrons. The quantitative estimate of drug-likeness (QED) is 0.643. The van der Waals surface area contributed by atoms with Crippen LogP contribution in [-0.2, 0) is 19.5 Å². The van der Waals surface area contributed by atoms with E-state index < -0.39 is 0 Å². The number of rotatable bonds is 4. The Labute approximate surface area is 124 Å². The monoisotopic (exact) mass is 282 g/mol. The van der Waals surface area contributed by atoms with E-state index in [-0.39, 0.29) is 0 Å². The van der Waals surface area contributed by atoms with Crippen molar-refractivity contribution in [1.29, 1.82) is 0 Å². The first-order chi connectivity index (χ1) is 9.81. The summed E-state index contributed by atoms with van der Waals surface area (Å²) in [5.41, 5.74) is 3.81. The molecule has 0 saturated heterocycles. The van der Waals surface area contributed by atoms with Gasteiger partial charge in [0, 0.05) is 13.1 Å². The van der Waals surface area contributed by atoms with Crippen LogP contribution in [0.1, 0.15) is 12.5 Å². The smallest absolute Gasteiger partial charge is 0.180 e. The highest BCUT2D eigenvalue weighted by Gasteiger charge is 2.08. The highest BCUT2D eigenvalue weighted by atomic mass is 32.1. The van der Waals surface area contributed by atoms with E-state index in [4.69, 9.17) is 12.2 Å². The average molecular weight is 282 g/mol. The first-order valence-corrected chi connectivity index (χ1v) is 7.44. The Hall–Kier alpha value is -1.87. The summed E-state index contributed by atoms with van der Waals surface area (Å²) in [7, 11) is 0. The van der Waals surface area contributed by atoms with E-state index in [0.29, 0.717) is 0 Å². The molecule has 1 aromatic heterocycles. The Morgan fingerprint density at radius 2 is 1.45 bits per heavy atom. The molecule has 3 aromatic rings. The second-order valence-electron chi connectivity index (χ2n) is 4.90. The average Bonchev–Trinajstić information content (AvgIpc) is 2.77. The second kappa shape index (κ2) is 5.63. The number of benzene rings is 2. The minimum Gasteiger partial charge on any atom is -0.317 e. The summed E-state index contributed by atoms with van der Waals surface area (Å²) in [6.07, 6.45) is 1.01. The molecule has 2 aromatic carbocycles. The summed E-state index contributed by atoms with van der Waals surface area (Å²) < 4.78 is 5.38. The van der Waals surface area contributed by atoms with Gasteiger partial charge < -0.3 is 9.13 Å². The van der Waals surface area contributed by atoms with Gasteiger partial charge in [0.2, 0.25) is 0 Å². The van der Waals surface area contributed by atoms with Crippen molar-refractivity contribution in [2.75, 3.05) is 0 Å². The van der Waals surface area contributed by atoms with Crippen molar-refractivity contribution in [2.24, 2.45) is 0 Å². The number of hydrogen-bond acceptors (Lipinski definition) is 1. The Kier molecular flexibility index (Phi) is 3.70. The Balaban J connectivity index is 1.99. The molecule has 0 unspecified atom stereocenters. The number of para-hydroxylation sites is 2. The summed E-state index contributed by atoms with van der Waals surface area (Å²) in [5.74, 6) is 0. The summed E-state index contributed by atoms with van der Waals surface area (Å²) in [5, 5.41) is 0. The molecule has 0 fully saturated rings. The van der Waals surface area contributed by atoms with Gasteiger partial charge in [0.05, 0.1) is 11.0 Å². The summed E-state index contributed by atoms with van der Waals surface area (Å²) in [4.78, 5) is 0. The second-order valence-corrected chi connectivity index (χ2v) is 5.27. The maximum absolute atomic E-state index is 5.63. The van der Waals surface area contributed by atoms with Gasteiger partial charge in [-0.25, -0.2) is 0 Å². The van der Waals surface area contributed by atoms with Crippen molar-refractivity contribution in [3.05, 3.63) is 64.9 Å². The van der Waals surface area contributed by atoms with Gasteiger partial charge in [-0.2, -0.15) is 0 Å². The largest absolute Gasteiger partial charge is 0.317 e. The zero-order valence-corrected chi connectivity index (χ0v) is 12.4. The Morgan fingerprint density at radius 3 is 2.10 bits per heavy atom. The standard InChI is InChI=1S/C17H18N2S/c1-2-18-15-10-6-7-11-16(15)19(17(18)20)13-12-14-8-4-3-5-9-14/h3-11H,2,12-13H2,1H3. The lowest BCUT2D eigenvalue weighted by Gasteiger charge is -2.05. The maximum Gasteiger partial charge on any atom is 0.180 e. The zero-order valence-electron chi connectivity index (χ0n) is 11.6. The summed E-state index contributed by atoms with van der Waals surface area (Å²) >= 11 is 5.63. The topological polar surface area (TPSA) is 9.86 Å². The maximum atomic E-state index is 5.63. The van der Waals surface area contributed by atoms with E-state index in [1.165, 1.54) is 16.6 Å². The van der Waals surface area contributed by atoms with Crippen LogP contribution in [0.3, 0.4) is 0 Å². The fourth-order valence-corrected chi connectivity index (χ4v) is 3.10. The van der Waals surface area contributed by atoms with Crippen molar-refractivity contribution in [3.8, 4) is 0 Å². The molecule has 0 atom stereocenters. The molecule has 0 saturated carbocycles. The van der Waals surface area contributed by atoms with E-state index in [2.05, 4.69) is 70.7 Å². The number of nitrogens with zero attached hydrogens (tertiary/aromatic N) is 2. The molecule has 0 aliphatic carbocycles. The van der Waals surface area contributed by atoms with Crippen molar-refractivity contribution in [3.63, 3.8) is 0 Å². The molecular weight excluding hydrogens is 264 g/mol. The highest BCUT2D eigenvalue weighted by molar-refractivity contribution is 7.71. The molecule has 20 heavy (non-hydrogen) atoms.